The quantitative estimate of drug-likeness (QED) is 0.739. The molecule has 0 bridgehead atoms. The average Bonchev–Trinajstić information content (AvgIpc) is 2.81. The second kappa shape index (κ2) is 4.88. The molecule has 18 heavy (non-hydrogen) atoms. The van der Waals surface area contributed by atoms with Gasteiger partial charge in [0.2, 0.25) is 0 Å². The lowest BCUT2D eigenvalue weighted by Crippen LogP contribution is -2.15. The van der Waals surface area contributed by atoms with Gasteiger partial charge in [-0.05, 0) is 23.1 Å². The van der Waals surface area contributed by atoms with Crippen LogP contribution in [0.4, 0.5) is 5.82 Å². The zero-order valence-corrected chi connectivity index (χ0v) is 10.6. The van der Waals surface area contributed by atoms with Gasteiger partial charge in [0.05, 0.1) is 6.61 Å². The summed E-state index contributed by atoms with van der Waals surface area (Å²) in [6, 6.07) is 3.80. The van der Waals surface area contributed by atoms with Crippen LogP contribution in [0.15, 0.2) is 32.6 Å². The Balaban J connectivity index is 2.26. The molecule has 7 nitrogen and oxygen atoms in total. The second-order valence-corrected chi connectivity index (χ2v) is 6.16. The lowest BCUT2D eigenvalue weighted by molar-refractivity contribution is 0.282. The Kier molecular flexibility index (Phi) is 3.45. The SMILES string of the molecule is O=c1ccc(NS(=O)(=O)c2cc(CO)cs2)n[nH]1. The van der Waals surface area contributed by atoms with Crippen LogP contribution in [0, 0.1) is 0 Å². The predicted molar refractivity (Wildman–Crippen MR) is 65.9 cm³/mol. The third kappa shape index (κ3) is 2.75. The summed E-state index contributed by atoms with van der Waals surface area (Å²) in [5, 5.41) is 16.1. The molecule has 0 amide bonds. The van der Waals surface area contributed by atoms with Crippen LogP contribution in [-0.2, 0) is 16.6 Å². The summed E-state index contributed by atoms with van der Waals surface area (Å²) in [5.41, 5.74) is 0.103. The Bertz CT molecular complexity index is 684. The number of nitrogens with one attached hydrogen (secondary N) is 2. The van der Waals surface area contributed by atoms with Crippen LogP contribution in [0.1, 0.15) is 5.56 Å². The molecule has 96 valence electrons. The van der Waals surface area contributed by atoms with Gasteiger partial charge >= 0.3 is 0 Å². The number of nitrogens with zero attached hydrogens (tertiary/aromatic N) is 1. The van der Waals surface area contributed by atoms with Gasteiger partial charge < -0.3 is 5.11 Å². The number of aliphatic hydroxyl groups is 1. The number of hydrogen-bond acceptors (Lipinski definition) is 6. The van der Waals surface area contributed by atoms with Gasteiger partial charge in [-0.15, -0.1) is 11.3 Å². The first kappa shape index (κ1) is 12.7. The highest BCUT2D eigenvalue weighted by atomic mass is 32.2. The van der Waals surface area contributed by atoms with Gasteiger partial charge in [0.15, 0.2) is 5.82 Å². The Morgan fingerprint density at radius 1 is 1.44 bits per heavy atom. The van der Waals surface area contributed by atoms with Gasteiger partial charge in [0.25, 0.3) is 15.6 Å². The molecule has 0 aromatic carbocycles. The molecule has 0 aliphatic carbocycles. The third-order valence-electron chi connectivity index (χ3n) is 2.00. The first-order valence-electron chi connectivity index (χ1n) is 4.78. The number of aliphatic hydroxyl groups excluding tert-OH is 1. The summed E-state index contributed by atoms with van der Waals surface area (Å²) in [6.07, 6.45) is 0. The maximum Gasteiger partial charge on any atom is 0.272 e. The van der Waals surface area contributed by atoms with Crippen molar-refractivity contribution in [3.63, 3.8) is 0 Å². The summed E-state index contributed by atoms with van der Waals surface area (Å²) >= 11 is 0.993. The maximum absolute atomic E-state index is 11.9. The largest absolute Gasteiger partial charge is 0.392 e. The highest BCUT2D eigenvalue weighted by Crippen LogP contribution is 2.22. The second-order valence-electron chi connectivity index (χ2n) is 3.34. The number of sulfonamides is 1. The van der Waals surface area contributed by atoms with Gasteiger partial charge in [-0.3, -0.25) is 9.52 Å². The molecule has 0 radical (unpaired) electrons. The summed E-state index contributed by atoms with van der Waals surface area (Å²) in [7, 11) is -3.74. The minimum absolute atomic E-state index is 0.0218. The molecule has 0 fully saturated rings. The first-order valence-corrected chi connectivity index (χ1v) is 7.14. The maximum atomic E-state index is 11.9. The van der Waals surface area contributed by atoms with E-state index in [1.807, 2.05) is 0 Å². The molecule has 0 saturated heterocycles. The predicted octanol–water partition coefficient (Wildman–Crippen LogP) is 0.125. The van der Waals surface area contributed by atoms with Crippen molar-refractivity contribution in [2.75, 3.05) is 4.72 Å². The lowest BCUT2D eigenvalue weighted by atomic mass is 10.4. The van der Waals surface area contributed by atoms with Crippen LogP contribution in [0.5, 0.6) is 0 Å². The fourth-order valence-electron chi connectivity index (χ4n) is 1.17. The molecule has 0 spiro atoms. The Labute approximate surface area is 106 Å². The van der Waals surface area contributed by atoms with E-state index in [4.69, 9.17) is 5.11 Å². The summed E-state index contributed by atoms with van der Waals surface area (Å²) in [6.45, 7) is -0.219. The van der Waals surface area contributed by atoms with E-state index in [0.29, 0.717) is 5.56 Å². The van der Waals surface area contributed by atoms with Crippen molar-refractivity contribution < 1.29 is 13.5 Å². The van der Waals surface area contributed by atoms with E-state index >= 15 is 0 Å². The van der Waals surface area contributed by atoms with Crippen molar-refractivity contribution in [1.29, 1.82) is 0 Å². The van der Waals surface area contributed by atoms with E-state index in [1.54, 1.807) is 5.38 Å². The lowest BCUT2D eigenvalue weighted by Gasteiger charge is -2.03. The summed E-state index contributed by atoms with van der Waals surface area (Å²) in [5.74, 6) is 0.0218. The fraction of sp³-hybridized carbons (Fsp3) is 0.111. The molecular formula is C9H9N3O4S2. The smallest absolute Gasteiger partial charge is 0.272 e. The Hall–Kier alpha value is -1.71. The molecule has 0 saturated carbocycles. The van der Waals surface area contributed by atoms with Crippen molar-refractivity contribution >= 4 is 27.2 Å². The van der Waals surface area contributed by atoms with Gasteiger partial charge in [-0.25, -0.2) is 13.5 Å². The van der Waals surface area contributed by atoms with E-state index in [0.717, 1.165) is 11.3 Å². The van der Waals surface area contributed by atoms with Gasteiger partial charge in [0, 0.05) is 6.07 Å². The number of rotatable bonds is 4. The fourth-order valence-corrected chi connectivity index (χ4v) is 3.37. The van der Waals surface area contributed by atoms with Gasteiger partial charge in [-0.2, -0.15) is 5.10 Å². The monoisotopic (exact) mass is 287 g/mol. The van der Waals surface area contributed by atoms with Crippen molar-refractivity contribution in [2.24, 2.45) is 0 Å². The van der Waals surface area contributed by atoms with Crippen LogP contribution in [0.25, 0.3) is 0 Å². The van der Waals surface area contributed by atoms with Crippen LogP contribution in [0.2, 0.25) is 0 Å². The van der Waals surface area contributed by atoms with Crippen molar-refractivity contribution in [1.82, 2.24) is 10.2 Å². The molecule has 0 aliphatic rings. The van der Waals surface area contributed by atoms with E-state index in [9.17, 15) is 13.2 Å². The molecule has 0 unspecified atom stereocenters. The zero-order chi connectivity index (χ0) is 13.2. The third-order valence-corrected chi connectivity index (χ3v) is 4.84. The van der Waals surface area contributed by atoms with E-state index in [-0.39, 0.29) is 16.6 Å². The van der Waals surface area contributed by atoms with E-state index in [2.05, 4.69) is 14.9 Å². The Morgan fingerprint density at radius 2 is 2.22 bits per heavy atom. The van der Waals surface area contributed by atoms with E-state index < -0.39 is 15.6 Å². The average molecular weight is 287 g/mol. The van der Waals surface area contributed by atoms with Gasteiger partial charge in [-0.1, -0.05) is 0 Å². The molecule has 2 aromatic heterocycles. The number of anilines is 1. The normalized spacial score (nSPS) is 11.4. The molecule has 2 aromatic rings. The molecule has 0 aliphatic heterocycles. The van der Waals surface area contributed by atoms with Crippen LogP contribution in [0.3, 0.4) is 0 Å². The number of aromatic nitrogens is 2. The zero-order valence-electron chi connectivity index (χ0n) is 8.95. The number of thiophene rings is 1. The number of hydrogen-bond donors (Lipinski definition) is 3. The van der Waals surface area contributed by atoms with Crippen molar-refractivity contribution in [3.05, 3.63) is 39.5 Å². The standard InChI is InChI=1S/C9H9N3O4S2/c13-4-6-3-9(17-5-6)18(15,16)12-7-1-2-8(14)11-10-7/h1-3,5,13H,4H2,(H,10,12)(H,11,14). The minimum atomic E-state index is -3.74. The molecule has 2 heterocycles. The van der Waals surface area contributed by atoms with Crippen LogP contribution >= 0.6 is 11.3 Å². The highest BCUT2D eigenvalue weighted by molar-refractivity contribution is 7.94. The van der Waals surface area contributed by atoms with Gasteiger partial charge in [0.1, 0.15) is 4.21 Å². The molecular weight excluding hydrogens is 278 g/mol. The molecule has 0 atom stereocenters. The van der Waals surface area contributed by atoms with Crippen LogP contribution < -0.4 is 10.3 Å². The van der Waals surface area contributed by atoms with Crippen LogP contribution in [-0.4, -0.2) is 23.7 Å². The Morgan fingerprint density at radius 3 is 2.78 bits per heavy atom. The highest BCUT2D eigenvalue weighted by Gasteiger charge is 2.17. The van der Waals surface area contributed by atoms with E-state index in [1.165, 1.54) is 18.2 Å². The first-order chi connectivity index (χ1) is 8.51. The van der Waals surface area contributed by atoms with Crippen molar-refractivity contribution in [3.8, 4) is 0 Å². The molecule has 2 rings (SSSR count). The number of H-pyrrole nitrogens is 1. The molecule has 3 N–H and O–H groups in total. The van der Waals surface area contributed by atoms with Crippen molar-refractivity contribution in [2.45, 2.75) is 10.8 Å². The topological polar surface area (TPSA) is 112 Å². The number of aromatic amines is 1. The minimum Gasteiger partial charge on any atom is -0.392 e. The summed E-state index contributed by atoms with van der Waals surface area (Å²) in [4.78, 5) is 10.8. The molecule has 9 heteroatoms. The summed E-state index contributed by atoms with van der Waals surface area (Å²) < 4.78 is 26.1.